The van der Waals surface area contributed by atoms with E-state index in [4.69, 9.17) is 13.8 Å². The van der Waals surface area contributed by atoms with Crippen molar-refractivity contribution in [2.45, 2.75) is 57.8 Å². The van der Waals surface area contributed by atoms with Crippen molar-refractivity contribution in [2.75, 3.05) is 0 Å². The van der Waals surface area contributed by atoms with Gasteiger partial charge in [0.1, 0.15) is 5.82 Å². The van der Waals surface area contributed by atoms with Crippen LogP contribution in [0.15, 0.2) is 182 Å². The van der Waals surface area contributed by atoms with Crippen LogP contribution in [0, 0.1) is 23.9 Å². The molecule has 5 nitrogen and oxygen atoms in total. The van der Waals surface area contributed by atoms with Gasteiger partial charge in [-0.3, -0.25) is 4.57 Å². The fraction of sp³-hybridized carbons (Fsp3) is 0.156. The van der Waals surface area contributed by atoms with Crippen LogP contribution in [0.4, 0.5) is 0 Å². The Balaban J connectivity index is 0.00000541. The molecule has 3 aliphatic carbocycles. The molecule has 6 heteroatoms. The molecule has 0 unspecified atom stereocenters. The van der Waals surface area contributed by atoms with Gasteiger partial charge in [-0.2, -0.15) is 18.2 Å². The number of pyridine rings is 1. The van der Waals surface area contributed by atoms with E-state index in [2.05, 4.69) is 171 Å². The van der Waals surface area contributed by atoms with Crippen molar-refractivity contribution >= 4 is 32.8 Å². The van der Waals surface area contributed by atoms with Gasteiger partial charge in [-0.05, 0) is 120 Å². The van der Waals surface area contributed by atoms with E-state index in [1.54, 1.807) is 0 Å². The van der Waals surface area contributed by atoms with Crippen LogP contribution in [-0.4, -0.2) is 14.1 Å². The molecule has 8 aromatic carbocycles. The number of nitrogens with zero attached hydrogens (tertiary/aromatic N) is 4. The van der Waals surface area contributed by atoms with Gasteiger partial charge >= 0.3 is 0 Å². The first kappa shape index (κ1) is 37.5. The Hall–Kier alpha value is -7.33. The van der Waals surface area contributed by atoms with E-state index in [0.29, 0.717) is 28.4 Å². The van der Waals surface area contributed by atoms with E-state index in [1.165, 1.54) is 5.56 Å². The molecule has 2 bridgehead atoms. The number of rotatable bonds is 6. The smallest absolute Gasteiger partial charge is 0.268 e. The average molecular weight is 1090 g/mol. The summed E-state index contributed by atoms with van der Waals surface area (Å²) < 4.78 is 58.4. The molecule has 3 saturated carbocycles. The quantitative estimate of drug-likeness (QED) is 0.123. The Morgan fingerprint density at radius 3 is 2.03 bits per heavy atom. The van der Waals surface area contributed by atoms with Gasteiger partial charge in [0, 0.05) is 44.3 Å². The van der Waals surface area contributed by atoms with Crippen LogP contribution in [0.25, 0.3) is 94.5 Å². The number of imidazole rings is 1. The van der Waals surface area contributed by atoms with Gasteiger partial charge in [0.25, 0.3) is 6.33 Å². The molecule has 0 N–H and O–H groups in total. The summed E-state index contributed by atoms with van der Waals surface area (Å²) in [6.07, 6.45) is 8.79. The second-order valence-electron chi connectivity index (χ2n) is 20.7. The van der Waals surface area contributed by atoms with Gasteiger partial charge in [-0.25, -0.2) is 4.98 Å². The minimum Gasteiger partial charge on any atom is -0.510 e. The number of ether oxygens (including phenoxy) is 1. The number of hydrogen-bond acceptors (Lipinski definition) is 2. The van der Waals surface area contributed by atoms with Crippen LogP contribution in [-0.2, 0) is 31.9 Å². The first-order valence-corrected chi connectivity index (χ1v) is 23.8. The predicted octanol–water partition coefficient (Wildman–Crippen LogP) is 15.3. The first-order valence-electron chi connectivity index (χ1n) is 26.3. The van der Waals surface area contributed by atoms with Crippen molar-refractivity contribution in [1.29, 1.82) is 0 Å². The molecule has 0 atom stereocenters. The molecule has 3 fully saturated rings. The number of para-hydroxylation sites is 2. The van der Waals surface area contributed by atoms with Crippen LogP contribution in [0.2, 0.25) is 0 Å². The van der Waals surface area contributed by atoms with Gasteiger partial charge in [0.15, 0.2) is 0 Å². The summed E-state index contributed by atoms with van der Waals surface area (Å²) >= 11 is 0. The molecule has 70 heavy (non-hydrogen) atoms. The number of aromatic nitrogens is 4. The second kappa shape index (κ2) is 15.6. The van der Waals surface area contributed by atoms with Crippen LogP contribution >= 0.6 is 0 Å². The molecular weight excluding hydrogens is 1040 g/mol. The van der Waals surface area contributed by atoms with E-state index in [9.17, 15) is 2.74 Å². The van der Waals surface area contributed by atoms with Crippen LogP contribution in [0.1, 0.15) is 64.9 Å². The molecule has 1 aliphatic heterocycles. The van der Waals surface area contributed by atoms with Crippen LogP contribution < -0.4 is 9.30 Å². The maximum atomic E-state index is 9.49. The fourth-order valence-corrected chi connectivity index (χ4v) is 12.1. The van der Waals surface area contributed by atoms with E-state index >= 15 is 0 Å². The summed E-state index contributed by atoms with van der Waals surface area (Å²) in [6.45, 7) is 8.96. The molecule has 4 aliphatic rings. The Labute approximate surface area is 430 Å². The molecule has 0 saturated heterocycles. The molecule has 15 rings (SSSR count). The fourth-order valence-electron chi connectivity index (χ4n) is 12.1. The van der Waals surface area contributed by atoms with Crippen molar-refractivity contribution < 1.29 is 37.2 Å². The molecule has 342 valence electrons. The summed E-state index contributed by atoms with van der Waals surface area (Å²) in [4.78, 5) is 4.87. The zero-order chi connectivity index (χ0) is 50.6. The molecule has 0 radical (unpaired) electrons. The van der Waals surface area contributed by atoms with Crippen molar-refractivity contribution in [3.63, 3.8) is 0 Å². The van der Waals surface area contributed by atoms with E-state index in [-0.39, 0.29) is 67.0 Å². The standard InChI is InChI=1S/C64H48N4O.Pt/c1-62(2,3)42-30-31-65-59(34-42)68-56-26-13-12-24-51(56)52-29-28-46(36-58(52)68)69-45-19-14-18-44(35-45)66-40-67-60-54(41-16-6-5-7-17-41)32-43(64-37-63(4,38-64)39-64)33-55(60)50-23-11-9-21-48(50)47-20-8-10-22-49(47)53-25-15-27-57(66)61(53)67;/h5-34H,37-39H2,1-4H3;/q-2;/i5D,6D,7D,16D,17D;. The molecule has 0 amide bonds. The van der Waals surface area contributed by atoms with Gasteiger partial charge in [-0.1, -0.05) is 160 Å². The second-order valence-corrected chi connectivity index (χ2v) is 20.7. The minimum atomic E-state index is -0.425. The maximum Gasteiger partial charge on any atom is 0.268 e. The number of hydrogen-bond donors (Lipinski definition) is 0. The molecule has 3 aromatic heterocycles. The first-order chi connectivity index (χ1) is 35.7. The number of benzene rings is 8. The summed E-state index contributed by atoms with van der Waals surface area (Å²) in [5, 5.41) is 2.13. The number of fused-ring (bicyclic) bond motifs is 10. The summed E-state index contributed by atoms with van der Waals surface area (Å²) in [5.41, 5.74) is 14.0. The van der Waals surface area contributed by atoms with Crippen molar-refractivity contribution in [2.24, 2.45) is 5.41 Å². The predicted molar refractivity (Wildman–Crippen MR) is 278 cm³/mol. The largest absolute Gasteiger partial charge is 0.510 e. The van der Waals surface area contributed by atoms with E-state index < -0.39 is 6.04 Å². The SMILES string of the molecule is [2H]c1c([2H])c([2H])c(-c2cc(C34CC(C)(C3)C4)cc3c2-[n+]2[c-]n(-c4[c-]c(Oc5[c-]c6c(cc5)c5ccccc5n6-c5cc(C(C)(C)C)ccn5)ccc4)c4cccc(c42)-c2ccccc2-c2ccccc2-3)c([2H])c1[2H].[Pt]. The monoisotopic (exact) mass is 1090 g/mol. The topological polar surface area (TPSA) is 35.9 Å². The normalized spacial score (nSPS) is 18.5. The van der Waals surface area contributed by atoms with Crippen molar-refractivity contribution in [3.8, 4) is 73.2 Å². The third-order valence-corrected chi connectivity index (χ3v) is 15.0. The molecule has 0 spiro atoms. The van der Waals surface area contributed by atoms with Gasteiger partial charge < -0.3 is 13.9 Å². The van der Waals surface area contributed by atoms with Gasteiger partial charge in [0.05, 0.1) is 23.6 Å². The van der Waals surface area contributed by atoms with Crippen molar-refractivity contribution in [3.05, 3.63) is 212 Å². The minimum absolute atomic E-state index is 0. The third-order valence-electron chi connectivity index (χ3n) is 15.0. The van der Waals surface area contributed by atoms with Gasteiger partial charge in [0.2, 0.25) is 0 Å². The van der Waals surface area contributed by atoms with Crippen molar-refractivity contribution in [1.82, 2.24) is 14.1 Å². The Morgan fingerprint density at radius 2 is 1.29 bits per heavy atom. The summed E-state index contributed by atoms with van der Waals surface area (Å²) in [7, 11) is 0. The Morgan fingerprint density at radius 1 is 0.643 bits per heavy atom. The third kappa shape index (κ3) is 6.47. The zero-order valence-electron chi connectivity index (χ0n) is 44.1. The maximum absolute atomic E-state index is 9.49. The summed E-state index contributed by atoms with van der Waals surface area (Å²) in [6, 6.07) is 55.6. The average Bonchev–Trinajstić information content (AvgIpc) is 3.96. The van der Waals surface area contributed by atoms with Crippen LogP contribution in [0.5, 0.6) is 11.5 Å². The Bertz CT molecular complexity index is 4200. The molecule has 4 heterocycles. The Kier molecular flexibility index (Phi) is 8.36. The van der Waals surface area contributed by atoms with Gasteiger partial charge in [-0.15, -0.1) is 29.7 Å². The summed E-state index contributed by atoms with van der Waals surface area (Å²) in [5.74, 6) is 1.80. The molecule has 11 aromatic rings. The van der Waals surface area contributed by atoms with Crippen LogP contribution in [0.3, 0.4) is 0 Å². The zero-order valence-corrected chi connectivity index (χ0v) is 41.3. The van der Waals surface area contributed by atoms with E-state index in [0.717, 1.165) is 96.9 Å². The van der Waals surface area contributed by atoms with E-state index in [1.807, 2.05) is 41.1 Å². The molecular formula is C64H48N4OPt-2.